The van der Waals surface area contributed by atoms with Crippen LogP contribution in [-0.2, 0) is 11.4 Å². The number of carbonyl (C=O) groups excluding carboxylic acids is 1. The number of amides is 1. The second kappa shape index (κ2) is 11.5. The molecule has 0 bridgehead atoms. The predicted molar refractivity (Wildman–Crippen MR) is 132 cm³/mol. The second-order valence-corrected chi connectivity index (χ2v) is 7.85. The molecule has 2 aromatic heterocycles. The van der Waals surface area contributed by atoms with Crippen molar-refractivity contribution in [2.75, 3.05) is 22.3 Å². The van der Waals surface area contributed by atoms with Crippen molar-refractivity contribution in [2.45, 2.75) is 11.8 Å². The lowest BCUT2D eigenvalue weighted by molar-refractivity contribution is -0.113. The van der Waals surface area contributed by atoms with E-state index in [4.69, 9.17) is 10.6 Å². The standard InChI is InChI=1S/C23H22N8O2S/c24-31-22(29-30-23(31)34-16-21(32)27-20-12-6-7-13-25-20)28-26-14-18-10-4-5-11-19(18)33-15-17-8-2-1-3-9-17/h1-14H,15-16,24H2,(H,28,29)(H,25,27,32)/b26-14+. The monoisotopic (exact) mass is 474 g/mol. The quantitative estimate of drug-likeness (QED) is 0.138. The number of rotatable bonds is 10. The molecule has 0 spiro atoms. The molecule has 10 nitrogen and oxygen atoms in total. The van der Waals surface area contributed by atoms with Crippen molar-refractivity contribution in [1.29, 1.82) is 0 Å². The van der Waals surface area contributed by atoms with E-state index >= 15 is 0 Å². The fraction of sp³-hybridized carbons (Fsp3) is 0.0870. The minimum absolute atomic E-state index is 0.0985. The van der Waals surface area contributed by atoms with Gasteiger partial charge in [-0.2, -0.15) is 5.10 Å². The van der Waals surface area contributed by atoms with E-state index in [9.17, 15) is 4.79 Å². The van der Waals surface area contributed by atoms with Gasteiger partial charge in [0.15, 0.2) is 0 Å². The molecule has 2 heterocycles. The number of hydrogen-bond acceptors (Lipinski definition) is 9. The number of hydrogen-bond donors (Lipinski definition) is 3. The lowest BCUT2D eigenvalue weighted by atomic mass is 10.2. The Hall–Kier alpha value is -4.38. The first-order chi connectivity index (χ1) is 16.7. The molecule has 4 aromatic rings. The van der Waals surface area contributed by atoms with Gasteiger partial charge in [-0.3, -0.25) is 4.79 Å². The van der Waals surface area contributed by atoms with Crippen LogP contribution in [0, 0.1) is 0 Å². The molecule has 2 aromatic carbocycles. The van der Waals surface area contributed by atoms with Crippen LogP contribution in [-0.4, -0.2) is 37.7 Å². The predicted octanol–water partition coefficient (Wildman–Crippen LogP) is 3.14. The van der Waals surface area contributed by atoms with Gasteiger partial charge in [0.25, 0.3) is 5.95 Å². The number of nitrogens with two attached hydrogens (primary N) is 1. The summed E-state index contributed by atoms with van der Waals surface area (Å²) in [6, 6.07) is 22.7. The number of para-hydroxylation sites is 1. The maximum absolute atomic E-state index is 12.1. The Morgan fingerprint density at radius 2 is 1.85 bits per heavy atom. The van der Waals surface area contributed by atoms with E-state index in [0.29, 0.717) is 23.3 Å². The maximum Gasteiger partial charge on any atom is 0.264 e. The van der Waals surface area contributed by atoms with Gasteiger partial charge in [0.1, 0.15) is 18.2 Å². The summed E-state index contributed by atoms with van der Waals surface area (Å²) in [5.41, 5.74) is 4.62. The van der Waals surface area contributed by atoms with E-state index in [1.165, 1.54) is 4.68 Å². The highest BCUT2D eigenvalue weighted by atomic mass is 32.2. The van der Waals surface area contributed by atoms with Gasteiger partial charge in [-0.05, 0) is 29.8 Å². The second-order valence-electron chi connectivity index (χ2n) is 6.91. The summed E-state index contributed by atoms with van der Waals surface area (Å²) in [7, 11) is 0. The topological polar surface area (TPSA) is 132 Å². The van der Waals surface area contributed by atoms with Crippen molar-refractivity contribution in [2.24, 2.45) is 5.10 Å². The Kier molecular flexibility index (Phi) is 7.70. The maximum atomic E-state index is 12.1. The number of pyridine rings is 1. The third-order valence-electron chi connectivity index (χ3n) is 4.45. The molecule has 0 saturated carbocycles. The molecule has 4 rings (SSSR count). The molecule has 0 fully saturated rings. The number of thioether (sulfide) groups is 1. The Morgan fingerprint density at radius 3 is 2.68 bits per heavy atom. The Morgan fingerprint density at radius 1 is 1.06 bits per heavy atom. The highest BCUT2D eigenvalue weighted by molar-refractivity contribution is 7.99. The zero-order valence-electron chi connectivity index (χ0n) is 18.0. The average molecular weight is 475 g/mol. The van der Waals surface area contributed by atoms with E-state index in [1.807, 2.05) is 54.6 Å². The van der Waals surface area contributed by atoms with E-state index < -0.39 is 0 Å². The van der Waals surface area contributed by atoms with Gasteiger partial charge in [-0.25, -0.2) is 15.1 Å². The van der Waals surface area contributed by atoms with Crippen LogP contribution in [0.2, 0.25) is 0 Å². The first-order valence-corrected chi connectivity index (χ1v) is 11.3. The van der Waals surface area contributed by atoms with Gasteiger partial charge in [0.05, 0.1) is 12.0 Å². The van der Waals surface area contributed by atoms with Gasteiger partial charge in [0, 0.05) is 11.8 Å². The number of hydrazone groups is 1. The van der Waals surface area contributed by atoms with Crippen LogP contribution in [0.4, 0.5) is 11.8 Å². The van der Waals surface area contributed by atoms with Gasteiger partial charge in [-0.1, -0.05) is 60.3 Å². The third-order valence-corrected chi connectivity index (χ3v) is 5.40. The van der Waals surface area contributed by atoms with Crippen molar-refractivity contribution in [3.8, 4) is 5.75 Å². The van der Waals surface area contributed by atoms with Crippen molar-refractivity contribution >= 4 is 35.6 Å². The SMILES string of the molecule is Nn1c(N/N=C/c2ccccc2OCc2ccccc2)nnc1SCC(=O)Nc1ccccn1. The Balaban J connectivity index is 1.31. The molecule has 0 saturated heterocycles. The number of carbonyl (C=O) groups is 1. The minimum Gasteiger partial charge on any atom is -0.488 e. The van der Waals surface area contributed by atoms with E-state index in [-0.39, 0.29) is 17.6 Å². The summed E-state index contributed by atoms with van der Waals surface area (Å²) in [4.78, 5) is 16.1. The van der Waals surface area contributed by atoms with E-state index in [1.54, 1.807) is 30.6 Å². The molecule has 1 amide bonds. The van der Waals surface area contributed by atoms with Gasteiger partial charge < -0.3 is 15.9 Å². The highest BCUT2D eigenvalue weighted by Gasteiger charge is 2.12. The summed E-state index contributed by atoms with van der Waals surface area (Å²) in [6.07, 6.45) is 3.22. The molecule has 0 aliphatic carbocycles. The smallest absolute Gasteiger partial charge is 0.264 e. The lowest BCUT2D eigenvalue weighted by Crippen LogP contribution is -2.17. The number of nitrogens with one attached hydrogen (secondary N) is 2. The number of anilines is 2. The van der Waals surface area contributed by atoms with E-state index in [0.717, 1.165) is 22.9 Å². The van der Waals surface area contributed by atoms with Crippen molar-refractivity contribution in [3.05, 3.63) is 90.1 Å². The summed E-state index contributed by atoms with van der Waals surface area (Å²) >= 11 is 1.14. The van der Waals surface area contributed by atoms with Crippen molar-refractivity contribution < 1.29 is 9.53 Å². The van der Waals surface area contributed by atoms with Gasteiger partial charge >= 0.3 is 0 Å². The summed E-state index contributed by atoms with van der Waals surface area (Å²) < 4.78 is 7.16. The first-order valence-electron chi connectivity index (χ1n) is 10.3. The average Bonchev–Trinajstić information content (AvgIpc) is 3.22. The molecule has 0 aliphatic rings. The van der Waals surface area contributed by atoms with Crippen LogP contribution < -0.4 is 21.3 Å². The summed E-state index contributed by atoms with van der Waals surface area (Å²) in [5.74, 6) is 7.30. The van der Waals surface area contributed by atoms with Gasteiger partial charge in [0.2, 0.25) is 11.1 Å². The number of benzene rings is 2. The van der Waals surface area contributed by atoms with Crippen molar-refractivity contribution in [3.63, 3.8) is 0 Å². The van der Waals surface area contributed by atoms with Crippen LogP contribution in [0.3, 0.4) is 0 Å². The molecule has 172 valence electrons. The number of aromatic nitrogens is 4. The largest absolute Gasteiger partial charge is 0.488 e. The van der Waals surface area contributed by atoms with Gasteiger partial charge in [-0.15, -0.1) is 10.2 Å². The molecule has 0 atom stereocenters. The highest BCUT2D eigenvalue weighted by Crippen LogP contribution is 2.19. The van der Waals surface area contributed by atoms with Crippen LogP contribution in [0.25, 0.3) is 0 Å². The number of nitrogens with zero attached hydrogens (tertiary/aromatic N) is 5. The Labute approximate surface area is 200 Å². The number of nitrogen functional groups attached to an aromatic ring is 1. The fourth-order valence-electron chi connectivity index (χ4n) is 2.81. The van der Waals surface area contributed by atoms with Crippen LogP contribution in [0.5, 0.6) is 5.75 Å². The molecule has 34 heavy (non-hydrogen) atoms. The fourth-order valence-corrected chi connectivity index (χ4v) is 3.47. The minimum atomic E-state index is -0.230. The molecule has 11 heteroatoms. The van der Waals surface area contributed by atoms with Crippen LogP contribution >= 0.6 is 11.8 Å². The van der Waals surface area contributed by atoms with Crippen molar-refractivity contribution in [1.82, 2.24) is 19.9 Å². The Bertz CT molecular complexity index is 1250. The zero-order chi connectivity index (χ0) is 23.6. The summed E-state index contributed by atoms with van der Waals surface area (Å²) in [6.45, 7) is 0.449. The summed E-state index contributed by atoms with van der Waals surface area (Å²) in [5, 5.41) is 15.2. The zero-order valence-corrected chi connectivity index (χ0v) is 18.9. The molecule has 4 N–H and O–H groups in total. The lowest BCUT2D eigenvalue weighted by Gasteiger charge is -2.09. The third kappa shape index (κ3) is 6.33. The normalized spacial score (nSPS) is 10.8. The van der Waals surface area contributed by atoms with Crippen LogP contribution in [0.1, 0.15) is 11.1 Å². The van der Waals surface area contributed by atoms with Crippen LogP contribution in [0.15, 0.2) is 89.3 Å². The molecule has 0 unspecified atom stereocenters. The number of ether oxygens (including phenoxy) is 1. The molecular formula is C23H22N8O2S. The molecule has 0 aliphatic heterocycles. The molecular weight excluding hydrogens is 452 g/mol. The first kappa shape index (κ1) is 22.8. The van der Waals surface area contributed by atoms with E-state index in [2.05, 4.69) is 31.0 Å². The molecule has 0 radical (unpaired) electrons.